The highest BCUT2D eigenvalue weighted by Crippen LogP contribution is 2.40. The third-order valence-electron chi connectivity index (χ3n) is 2.37. The maximum absolute atomic E-state index is 5.55. The summed E-state index contributed by atoms with van der Waals surface area (Å²) >= 11 is 4.94. The molecule has 2 heteroatoms. The maximum Gasteiger partial charge on any atom is 0.0758 e. The van der Waals surface area contributed by atoms with E-state index < -0.39 is 0 Å². The van der Waals surface area contributed by atoms with Crippen LogP contribution in [0.25, 0.3) is 0 Å². The monoisotopic (exact) mass is 157 g/mol. The van der Waals surface area contributed by atoms with Crippen LogP contribution in [0.3, 0.4) is 0 Å². The van der Waals surface area contributed by atoms with E-state index in [1.54, 1.807) is 0 Å². The summed E-state index contributed by atoms with van der Waals surface area (Å²) in [5.74, 6) is 0.519. The van der Waals surface area contributed by atoms with Crippen LogP contribution in [0.15, 0.2) is 0 Å². The summed E-state index contributed by atoms with van der Waals surface area (Å²) in [6.07, 6.45) is 3.65. The summed E-state index contributed by atoms with van der Waals surface area (Å²) in [7, 11) is 0. The van der Waals surface area contributed by atoms with Crippen LogP contribution in [0.1, 0.15) is 33.1 Å². The number of hydrogen-bond donors (Lipinski definition) is 1. The molecule has 1 fully saturated rings. The van der Waals surface area contributed by atoms with Crippen molar-refractivity contribution in [1.29, 1.82) is 0 Å². The standard InChI is InChI=1S/C8H15NS/c1-8(2)4-3-6(5-8)7(9)10/h6H,3-5H2,1-2H3,(H2,9,10). The Kier molecular flexibility index (Phi) is 1.99. The van der Waals surface area contributed by atoms with Gasteiger partial charge >= 0.3 is 0 Å². The first-order chi connectivity index (χ1) is 4.51. The van der Waals surface area contributed by atoms with Crippen LogP contribution in [-0.4, -0.2) is 4.99 Å². The van der Waals surface area contributed by atoms with Crippen molar-refractivity contribution >= 4 is 17.2 Å². The second-order valence-corrected chi connectivity index (χ2v) is 4.48. The molecule has 0 amide bonds. The molecular weight excluding hydrogens is 142 g/mol. The van der Waals surface area contributed by atoms with Crippen molar-refractivity contribution in [3.05, 3.63) is 0 Å². The lowest BCUT2D eigenvalue weighted by atomic mass is 9.91. The molecule has 0 aromatic heterocycles. The molecule has 1 nitrogen and oxygen atoms in total. The average Bonchev–Trinajstić information content (AvgIpc) is 2.10. The predicted octanol–water partition coefficient (Wildman–Crippen LogP) is 2.10. The van der Waals surface area contributed by atoms with Crippen LogP contribution in [-0.2, 0) is 0 Å². The first-order valence-corrected chi connectivity index (χ1v) is 4.21. The minimum absolute atomic E-state index is 0.480. The Labute approximate surface area is 68.0 Å². The normalized spacial score (nSPS) is 30.4. The van der Waals surface area contributed by atoms with Crippen LogP contribution in [0.4, 0.5) is 0 Å². The van der Waals surface area contributed by atoms with Crippen molar-refractivity contribution in [1.82, 2.24) is 0 Å². The van der Waals surface area contributed by atoms with Crippen molar-refractivity contribution in [3.8, 4) is 0 Å². The Balaban J connectivity index is 2.51. The molecule has 58 valence electrons. The number of thiocarbonyl (C=S) groups is 1. The van der Waals surface area contributed by atoms with Crippen LogP contribution < -0.4 is 5.73 Å². The van der Waals surface area contributed by atoms with E-state index in [4.69, 9.17) is 18.0 Å². The predicted molar refractivity (Wildman–Crippen MR) is 47.9 cm³/mol. The zero-order chi connectivity index (χ0) is 7.78. The first kappa shape index (κ1) is 7.99. The van der Waals surface area contributed by atoms with Gasteiger partial charge in [-0.05, 0) is 24.7 Å². The molecule has 10 heavy (non-hydrogen) atoms. The Morgan fingerprint density at radius 3 is 2.40 bits per heavy atom. The Hall–Kier alpha value is -0.110. The molecule has 2 N–H and O–H groups in total. The highest BCUT2D eigenvalue weighted by molar-refractivity contribution is 7.80. The summed E-state index contributed by atoms with van der Waals surface area (Å²) < 4.78 is 0. The van der Waals surface area contributed by atoms with E-state index in [1.165, 1.54) is 19.3 Å². The van der Waals surface area contributed by atoms with E-state index in [2.05, 4.69) is 13.8 Å². The SMILES string of the molecule is CC1(C)CCC(C(N)=S)C1. The van der Waals surface area contributed by atoms with Gasteiger partial charge in [0, 0.05) is 5.92 Å². The fourth-order valence-electron chi connectivity index (χ4n) is 1.68. The van der Waals surface area contributed by atoms with Crippen molar-refractivity contribution in [3.63, 3.8) is 0 Å². The van der Waals surface area contributed by atoms with Gasteiger partial charge in [-0.15, -0.1) is 0 Å². The molecule has 0 heterocycles. The molecule has 0 aromatic rings. The van der Waals surface area contributed by atoms with Gasteiger partial charge in [-0.1, -0.05) is 26.1 Å². The van der Waals surface area contributed by atoms with Crippen LogP contribution in [0, 0.1) is 11.3 Å². The van der Waals surface area contributed by atoms with E-state index in [0.717, 1.165) is 0 Å². The molecule has 1 rings (SSSR count). The van der Waals surface area contributed by atoms with Gasteiger partial charge in [0.25, 0.3) is 0 Å². The summed E-state index contributed by atoms with van der Waals surface area (Å²) in [6.45, 7) is 4.57. The van der Waals surface area contributed by atoms with E-state index in [9.17, 15) is 0 Å². The summed E-state index contributed by atoms with van der Waals surface area (Å²) in [6, 6.07) is 0. The molecule has 1 aliphatic rings. The van der Waals surface area contributed by atoms with Gasteiger partial charge in [-0.25, -0.2) is 0 Å². The lowest BCUT2D eigenvalue weighted by Crippen LogP contribution is -2.19. The van der Waals surface area contributed by atoms with Crippen LogP contribution in [0.2, 0.25) is 0 Å². The molecule has 0 spiro atoms. The molecule has 1 aliphatic carbocycles. The average molecular weight is 157 g/mol. The molecule has 1 saturated carbocycles. The summed E-state index contributed by atoms with van der Waals surface area (Å²) in [5.41, 5.74) is 6.03. The Morgan fingerprint density at radius 2 is 2.20 bits per heavy atom. The van der Waals surface area contributed by atoms with Gasteiger partial charge in [-0.3, -0.25) is 0 Å². The highest BCUT2D eigenvalue weighted by Gasteiger charge is 2.31. The van der Waals surface area contributed by atoms with Crippen LogP contribution in [0.5, 0.6) is 0 Å². The zero-order valence-electron chi connectivity index (χ0n) is 6.68. The Bertz CT molecular complexity index is 151. The van der Waals surface area contributed by atoms with Gasteiger partial charge in [0.1, 0.15) is 0 Å². The maximum atomic E-state index is 5.55. The number of nitrogens with two attached hydrogens (primary N) is 1. The second kappa shape index (κ2) is 2.50. The van der Waals surface area contributed by atoms with Crippen molar-refractivity contribution in [2.45, 2.75) is 33.1 Å². The molecular formula is C8H15NS. The highest BCUT2D eigenvalue weighted by atomic mass is 32.1. The van der Waals surface area contributed by atoms with Gasteiger partial charge < -0.3 is 5.73 Å². The lowest BCUT2D eigenvalue weighted by molar-refractivity contribution is 0.375. The van der Waals surface area contributed by atoms with Crippen molar-refractivity contribution in [2.75, 3.05) is 0 Å². The fourth-order valence-corrected chi connectivity index (χ4v) is 1.88. The minimum atomic E-state index is 0.480. The smallest absolute Gasteiger partial charge is 0.0758 e. The van der Waals surface area contributed by atoms with Crippen molar-refractivity contribution in [2.24, 2.45) is 17.1 Å². The third-order valence-corrected chi connectivity index (χ3v) is 2.70. The van der Waals surface area contributed by atoms with Gasteiger partial charge in [0.05, 0.1) is 4.99 Å². The quantitative estimate of drug-likeness (QED) is 0.590. The lowest BCUT2D eigenvalue weighted by Gasteiger charge is -2.16. The van der Waals surface area contributed by atoms with E-state index in [-0.39, 0.29) is 0 Å². The van der Waals surface area contributed by atoms with E-state index in [1.807, 2.05) is 0 Å². The third kappa shape index (κ3) is 1.69. The Morgan fingerprint density at radius 1 is 1.60 bits per heavy atom. The molecule has 1 atom stereocenters. The molecule has 0 aromatic carbocycles. The largest absolute Gasteiger partial charge is 0.393 e. The van der Waals surface area contributed by atoms with Gasteiger partial charge in [0.2, 0.25) is 0 Å². The van der Waals surface area contributed by atoms with Gasteiger partial charge in [0.15, 0.2) is 0 Å². The molecule has 0 radical (unpaired) electrons. The topological polar surface area (TPSA) is 26.0 Å². The fraction of sp³-hybridized carbons (Fsp3) is 0.875. The van der Waals surface area contributed by atoms with E-state index >= 15 is 0 Å². The zero-order valence-corrected chi connectivity index (χ0v) is 7.50. The molecule has 0 aliphatic heterocycles. The molecule has 0 saturated heterocycles. The van der Waals surface area contributed by atoms with Gasteiger partial charge in [-0.2, -0.15) is 0 Å². The summed E-state index contributed by atoms with van der Waals surface area (Å²) in [5, 5.41) is 0. The number of hydrogen-bond acceptors (Lipinski definition) is 1. The molecule has 0 bridgehead atoms. The summed E-state index contributed by atoms with van der Waals surface area (Å²) in [4.78, 5) is 0.713. The first-order valence-electron chi connectivity index (χ1n) is 3.81. The molecule has 1 unspecified atom stereocenters. The number of rotatable bonds is 1. The van der Waals surface area contributed by atoms with Crippen molar-refractivity contribution < 1.29 is 0 Å². The minimum Gasteiger partial charge on any atom is -0.393 e. The van der Waals surface area contributed by atoms with Crippen LogP contribution >= 0.6 is 12.2 Å². The second-order valence-electron chi connectivity index (χ2n) is 4.01. The van der Waals surface area contributed by atoms with E-state index in [0.29, 0.717) is 16.3 Å².